The molecule has 0 unspecified atom stereocenters. The minimum atomic E-state index is -0.511. The van der Waals surface area contributed by atoms with E-state index in [9.17, 15) is 14.4 Å². The minimum Gasteiger partial charge on any atom is -0.460 e. The van der Waals surface area contributed by atoms with Gasteiger partial charge in [-0.15, -0.1) is 0 Å². The number of carbonyl (C=O) groups excluding carboxylic acids is 3. The van der Waals surface area contributed by atoms with Crippen molar-refractivity contribution in [1.29, 1.82) is 0 Å². The van der Waals surface area contributed by atoms with E-state index in [4.69, 9.17) is 14.2 Å². The number of aromatic nitrogens is 1. The molecule has 0 radical (unpaired) electrons. The van der Waals surface area contributed by atoms with Crippen molar-refractivity contribution in [2.75, 3.05) is 44.7 Å². The van der Waals surface area contributed by atoms with Crippen LogP contribution in [0.25, 0.3) is 0 Å². The van der Waals surface area contributed by atoms with Crippen molar-refractivity contribution in [1.82, 2.24) is 4.98 Å². The van der Waals surface area contributed by atoms with Crippen LogP contribution in [0.3, 0.4) is 0 Å². The van der Waals surface area contributed by atoms with Gasteiger partial charge in [0, 0.05) is 31.3 Å². The standard InChI is InChI=1S/C20H25N3O6/c1-12-17(20(26)29-10-9-27-3)13(2)21-18(12)19(25)23-15-7-5-14(6-8-15)22-16(24)11-28-4/h5-8,21H,9-11H2,1-4H3,(H,22,24)(H,23,25). The SMILES string of the molecule is COCCOC(=O)c1c(C)[nH]c(C(=O)Nc2ccc(NC(=O)COC)cc2)c1C. The zero-order valence-corrected chi connectivity index (χ0v) is 16.9. The molecule has 0 spiro atoms. The number of nitrogens with one attached hydrogen (secondary N) is 3. The van der Waals surface area contributed by atoms with E-state index in [2.05, 4.69) is 15.6 Å². The van der Waals surface area contributed by atoms with Crippen LogP contribution in [0, 0.1) is 13.8 Å². The molecule has 0 saturated carbocycles. The lowest BCUT2D eigenvalue weighted by Gasteiger charge is -2.08. The summed E-state index contributed by atoms with van der Waals surface area (Å²) in [5, 5.41) is 5.42. The van der Waals surface area contributed by atoms with E-state index in [1.165, 1.54) is 14.2 Å². The fourth-order valence-corrected chi connectivity index (χ4v) is 2.73. The maximum absolute atomic E-state index is 12.6. The third-order valence-corrected chi connectivity index (χ3v) is 4.09. The molecule has 0 aliphatic carbocycles. The minimum absolute atomic E-state index is 0.0415. The zero-order valence-electron chi connectivity index (χ0n) is 16.9. The molecule has 0 bridgehead atoms. The maximum atomic E-state index is 12.6. The number of methoxy groups -OCH3 is 2. The highest BCUT2D eigenvalue weighted by Crippen LogP contribution is 2.21. The second kappa shape index (κ2) is 10.4. The number of esters is 1. The van der Waals surface area contributed by atoms with E-state index in [1.54, 1.807) is 38.1 Å². The molecule has 2 aromatic rings. The Labute approximate surface area is 168 Å². The van der Waals surface area contributed by atoms with Crippen molar-refractivity contribution in [3.05, 3.63) is 46.8 Å². The second-order valence-electron chi connectivity index (χ2n) is 6.27. The molecule has 9 heteroatoms. The van der Waals surface area contributed by atoms with Gasteiger partial charge in [-0.2, -0.15) is 0 Å². The number of rotatable bonds is 9. The molecule has 0 fully saturated rings. The van der Waals surface area contributed by atoms with Crippen LogP contribution in [0.15, 0.2) is 24.3 Å². The topological polar surface area (TPSA) is 119 Å². The Balaban J connectivity index is 2.06. The summed E-state index contributed by atoms with van der Waals surface area (Å²) in [6.45, 7) is 3.77. The first kappa shape index (κ1) is 22.1. The Morgan fingerprint density at radius 3 is 2.14 bits per heavy atom. The van der Waals surface area contributed by atoms with Gasteiger partial charge in [0.1, 0.15) is 18.9 Å². The fourth-order valence-electron chi connectivity index (χ4n) is 2.73. The zero-order chi connectivity index (χ0) is 21.4. The molecular weight excluding hydrogens is 378 g/mol. The Morgan fingerprint density at radius 2 is 1.55 bits per heavy atom. The number of hydrogen-bond acceptors (Lipinski definition) is 6. The molecule has 0 aliphatic heterocycles. The normalized spacial score (nSPS) is 10.5. The van der Waals surface area contributed by atoms with Gasteiger partial charge in [0.05, 0.1) is 12.2 Å². The second-order valence-corrected chi connectivity index (χ2v) is 6.27. The monoisotopic (exact) mass is 403 g/mol. The van der Waals surface area contributed by atoms with Crippen LogP contribution >= 0.6 is 0 Å². The summed E-state index contributed by atoms with van der Waals surface area (Å²) < 4.78 is 14.8. The number of H-pyrrole nitrogens is 1. The lowest BCUT2D eigenvalue weighted by atomic mass is 10.1. The number of amides is 2. The van der Waals surface area contributed by atoms with Crippen molar-refractivity contribution < 1.29 is 28.6 Å². The van der Waals surface area contributed by atoms with E-state index in [0.29, 0.717) is 34.8 Å². The van der Waals surface area contributed by atoms with Crippen molar-refractivity contribution in [2.45, 2.75) is 13.8 Å². The Hall–Kier alpha value is -3.17. The van der Waals surface area contributed by atoms with Gasteiger partial charge in [-0.3, -0.25) is 9.59 Å². The van der Waals surface area contributed by atoms with Gasteiger partial charge in [0.2, 0.25) is 5.91 Å². The van der Waals surface area contributed by atoms with Crippen LogP contribution < -0.4 is 10.6 Å². The van der Waals surface area contributed by atoms with E-state index < -0.39 is 11.9 Å². The quantitative estimate of drug-likeness (QED) is 0.437. The van der Waals surface area contributed by atoms with Gasteiger partial charge in [-0.1, -0.05) is 0 Å². The van der Waals surface area contributed by atoms with Gasteiger partial charge in [-0.05, 0) is 43.7 Å². The third-order valence-electron chi connectivity index (χ3n) is 4.09. The van der Waals surface area contributed by atoms with Crippen LogP contribution in [-0.4, -0.2) is 56.8 Å². The van der Waals surface area contributed by atoms with Crippen LogP contribution in [0.1, 0.15) is 32.1 Å². The van der Waals surface area contributed by atoms with Gasteiger partial charge in [0.25, 0.3) is 5.91 Å². The largest absolute Gasteiger partial charge is 0.460 e. The van der Waals surface area contributed by atoms with Crippen molar-refractivity contribution in [2.24, 2.45) is 0 Å². The molecule has 1 aromatic carbocycles. The highest BCUT2D eigenvalue weighted by molar-refractivity contribution is 6.07. The first-order valence-electron chi connectivity index (χ1n) is 8.92. The highest BCUT2D eigenvalue weighted by atomic mass is 16.6. The van der Waals surface area contributed by atoms with E-state index in [0.717, 1.165) is 0 Å². The molecule has 2 amide bonds. The van der Waals surface area contributed by atoms with Gasteiger partial charge in [-0.25, -0.2) is 4.79 Å². The molecule has 3 N–H and O–H groups in total. The average Bonchev–Trinajstić information content (AvgIpc) is 2.98. The molecular formula is C20H25N3O6. The number of ether oxygens (including phenoxy) is 3. The summed E-state index contributed by atoms with van der Waals surface area (Å²) in [4.78, 5) is 39.3. The molecule has 1 heterocycles. The number of aromatic amines is 1. The number of hydrogen-bond donors (Lipinski definition) is 3. The van der Waals surface area contributed by atoms with Crippen LogP contribution in [-0.2, 0) is 19.0 Å². The smallest absolute Gasteiger partial charge is 0.340 e. The number of benzene rings is 1. The number of carbonyl (C=O) groups is 3. The van der Waals surface area contributed by atoms with Crippen LogP contribution in [0.5, 0.6) is 0 Å². The van der Waals surface area contributed by atoms with Crippen molar-refractivity contribution in [3.8, 4) is 0 Å². The van der Waals surface area contributed by atoms with Crippen molar-refractivity contribution >= 4 is 29.2 Å². The predicted octanol–water partition coefficient (Wildman–Crippen LogP) is 2.27. The third kappa shape index (κ3) is 5.90. The van der Waals surface area contributed by atoms with Crippen molar-refractivity contribution in [3.63, 3.8) is 0 Å². The predicted molar refractivity (Wildman–Crippen MR) is 107 cm³/mol. The summed E-state index contributed by atoms with van der Waals surface area (Å²) in [6, 6.07) is 6.64. The van der Waals surface area contributed by atoms with Gasteiger partial charge >= 0.3 is 5.97 Å². The molecule has 29 heavy (non-hydrogen) atoms. The Bertz CT molecular complexity index is 873. The van der Waals surface area contributed by atoms with E-state index in [1.807, 2.05) is 0 Å². The summed E-state index contributed by atoms with van der Waals surface area (Å²) in [6.07, 6.45) is 0. The molecule has 0 aliphatic rings. The molecule has 2 rings (SSSR count). The lowest BCUT2D eigenvalue weighted by molar-refractivity contribution is -0.119. The van der Waals surface area contributed by atoms with Gasteiger partial charge < -0.3 is 29.8 Å². The molecule has 9 nitrogen and oxygen atoms in total. The van der Waals surface area contributed by atoms with Gasteiger partial charge in [0.15, 0.2) is 0 Å². The van der Waals surface area contributed by atoms with E-state index >= 15 is 0 Å². The summed E-state index contributed by atoms with van der Waals surface area (Å²) in [5.41, 5.74) is 2.78. The Morgan fingerprint density at radius 1 is 0.931 bits per heavy atom. The van der Waals surface area contributed by atoms with Crippen LogP contribution in [0.4, 0.5) is 11.4 Å². The molecule has 0 saturated heterocycles. The first-order chi connectivity index (χ1) is 13.9. The van der Waals surface area contributed by atoms with Crippen LogP contribution in [0.2, 0.25) is 0 Å². The number of aryl methyl sites for hydroxylation is 1. The first-order valence-corrected chi connectivity index (χ1v) is 8.92. The molecule has 156 valence electrons. The molecule has 0 atom stereocenters. The Kier molecular flexibility index (Phi) is 7.93. The highest BCUT2D eigenvalue weighted by Gasteiger charge is 2.23. The fraction of sp³-hybridized carbons (Fsp3) is 0.350. The summed E-state index contributed by atoms with van der Waals surface area (Å²) >= 11 is 0. The van der Waals surface area contributed by atoms with E-state index in [-0.39, 0.29) is 24.8 Å². The maximum Gasteiger partial charge on any atom is 0.340 e. The number of anilines is 2. The summed E-state index contributed by atoms with van der Waals surface area (Å²) in [5.74, 6) is -1.17. The molecule has 1 aromatic heterocycles. The average molecular weight is 403 g/mol. The summed E-state index contributed by atoms with van der Waals surface area (Å²) in [7, 11) is 2.95. The lowest BCUT2D eigenvalue weighted by Crippen LogP contribution is -2.17.